The zero-order chi connectivity index (χ0) is 9.42. The van der Waals surface area contributed by atoms with E-state index >= 15 is 0 Å². The van der Waals surface area contributed by atoms with Crippen molar-refractivity contribution in [3.05, 3.63) is 29.5 Å². The van der Waals surface area contributed by atoms with Crippen LogP contribution in [0.15, 0.2) is 24.5 Å². The predicted octanol–water partition coefficient (Wildman–Crippen LogP) is 2.88. The van der Waals surface area contributed by atoms with Crippen molar-refractivity contribution in [3.8, 4) is 11.5 Å². The number of benzene rings is 1. The highest BCUT2D eigenvalue weighted by molar-refractivity contribution is 8.93. The molecule has 1 aromatic heterocycles. The Bertz CT molecular complexity index is 476. The lowest BCUT2D eigenvalue weighted by Gasteiger charge is -2.03. The number of phenols is 2. The monoisotopic (exact) mass is 275 g/mol. The predicted molar refractivity (Wildman–Crippen MR) is 60.4 cm³/mol. The van der Waals surface area contributed by atoms with E-state index in [9.17, 15) is 10.2 Å². The Hall–Kier alpha value is -1.00. The number of rotatable bonds is 0. The van der Waals surface area contributed by atoms with Crippen molar-refractivity contribution in [2.24, 2.45) is 0 Å². The second kappa shape index (κ2) is 4.02. The Labute approximate surface area is 95.7 Å². The summed E-state index contributed by atoms with van der Waals surface area (Å²) in [5, 5.41) is 20.1. The van der Waals surface area contributed by atoms with Crippen LogP contribution < -0.4 is 0 Å². The molecule has 2 N–H and O–H groups in total. The van der Waals surface area contributed by atoms with Gasteiger partial charge in [0.2, 0.25) is 0 Å². The number of hydrogen-bond donors (Lipinski definition) is 2. The lowest BCUT2D eigenvalue weighted by molar-refractivity contribution is 0.405. The molecule has 0 aliphatic rings. The lowest BCUT2D eigenvalue weighted by Crippen LogP contribution is -1.78. The average Bonchev–Trinajstić information content (AvgIpc) is 2.15. The van der Waals surface area contributed by atoms with Crippen LogP contribution in [0.4, 0.5) is 0 Å². The summed E-state index contributed by atoms with van der Waals surface area (Å²) in [6.45, 7) is 0. The molecule has 2 rings (SSSR count). The number of aromatic nitrogens is 1. The Morgan fingerprint density at radius 2 is 2.00 bits per heavy atom. The summed E-state index contributed by atoms with van der Waals surface area (Å²) in [6, 6.07) is 3.10. The largest absolute Gasteiger partial charge is 0.504 e. The zero-order valence-corrected chi connectivity index (χ0v) is 9.41. The molecule has 0 unspecified atom stereocenters. The van der Waals surface area contributed by atoms with Gasteiger partial charge in [-0.05, 0) is 12.1 Å². The molecular formula is C9H7BrClNO2. The molecule has 0 radical (unpaired) electrons. The molecule has 74 valence electrons. The van der Waals surface area contributed by atoms with Crippen LogP contribution in [0.1, 0.15) is 0 Å². The highest BCUT2D eigenvalue weighted by Crippen LogP contribution is 2.38. The average molecular weight is 277 g/mol. The molecule has 1 aromatic carbocycles. The molecule has 0 aliphatic carbocycles. The maximum absolute atomic E-state index is 9.30. The molecular weight excluding hydrogens is 269 g/mol. The van der Waals surface area contributed by atoms with E-state index in [0.717, 1.165) is 0 Å². The summed E-state index contributed by atoms with van der Waals surface area (Å²) in [6.07, 6.45) is 3.14. The molecule has 0 spiro atoms. The summed E-state index contributed by atoms with van der Waals surface area (Å²) >= 11 is 5.79. The SMILES string of the molecule is Br.Oc1cc2cnccc2c(Cl)c1O. The maximum Gasteiger partial charge on any atom is 0.177 e. The van der Waals surface area contributed by atoms with Gasteiger partial charge in [-0.15, -0.1) is 17.0 Å². The number of fused-ring (bicyclic) bond motifs is 1. The zero-order valence-electron chi connectivity index (χ0n) is 6.94. The molecule has 0 saturated carbocycles. The molecule has 0 saturated heterocycles. The van der Waals surface area contributed by atoms with Gasteiger partial charge in [-0.2, -0.15) is 0 Å². The van der Waals surface area contributed by atoms with E-state index in [1.165, 1.54) is 6.07 Å². The smallest absolute Gasteiger partial charge is 0.177 e. The van der Waals surface area contributed by atoms with Crippen LogP contribution in [0.5, 0.6) is 11.5 Å². The van der Waals surface area contributed by atoms with Crippen molar-refractivity contribution >= 4 is 39.4 Å². The molecule has 0 bridgehead atoms. The second-order valence-corrected chi connectivity index (χ2v) is 3.03. The van der Waals surface area contributed by atoms with E-state index in [0.29, 0.717) is 10.8 Å². The molecule has 5 heteroatoms. The number of halogens is 2. The van der Waals surface area contributed by atoms with Crippen molar-refractivity contribution in [2.45, 2.75) is 0 Å². The van der Waals surface area contributed by atoms with Gasteiger partial charge in [0, 0.05) is 23.2 Å². The Kier molecular flexibility index (Phi) is 3.18. The van der Waals surface area contributed by atoms with Crippen molar-refractivity contribution < 1.29 is 10.2 Å². The van der Waals surface area contributed by atoms with E-state index in [1.54, 1.807) is 18.5 Å². The molecule has 0 amide bonds. The Morgan fingerprint density at radius 1 is 1.29 bits per heavy atom. The van der Waals surface area contributed by atoms with Crippen LogP contribution in [0.25, 0.3) is 10.8 Å². The third-order valence-corrected chi connectivity index (χ3v) is 2.21. The lowest BCUT2D eigenvalue weighted by atomic mass is 10.1. The third-order valence-electron chi connectivity index (χ3n) is 1.83. The van der Waals surface area contributed by atoms with Gasteiger partial charge in [-0.3, -0.25) is 4.98 Å². The standard InChI is InChI=1S/C9H6ClNO2.BrH/c10-8-6-1-2-11-4-5(6)3-7(12)9(8)13;/h1-4,12-13H;1H. The van der Waals surface area contributed by atoms with Crippen LogP contribution >= 0.6 is 28.6 Å². The van der Waals surface area contributed by atoms with Crippen molar-refractivity contribution in [1.29, 1.82) is 0 Å². The third kappa shape index (κ3) is 1.63. The summed E-state index contributed by atoms with van der Waals surface area (Å²) < 4.78 is 0. The van der Waals surface area contributed by atoms with Gasteiger partial charge in [0.25, 0.3) is 0 Å². The molecule has 0 aliphatic heterocycles. The van der Waals surface area contributed by atoms with Crippen LogP contribution in [-0.2, 0) is 0 Å². The second-order valence-electron chi connectivity index (χ2n) is 2.66. The van der Waals surface area contributed by atoms with Crippen molar-refractivity contribution in [1.82, 2.24) is 4.98 Å². The molecule has 14 heavy (non-hydrogen) atoms. The van der Waals surface area contributed by atoms with E-state index in [2.05, 4.69) is 4.98 Å². The minimum Gasteiger partial charge on any atom is -0.504 e. The first-order valence-corrected chi connectivity index (χ1v) is 4.02. The summed E-state index contributed by atoms with van der Waals surface area (Å²) in [7, 11) is 0. The quantitative estimate of drug-likeness (QED) is 0.728. The first kappa shape index (κ1) is 11.1. The van der Waals surface area contributed by atoms with Crippen molar-refractivity contribution in [3.63, 3.8) is 0 Å². The fourth-order valence-electron chi connectivity index (χ4n) is 1.18. The minimum absolute atomic E-state index is 0. The summed E-state index contributed by atoms with van der Waals surface area (Å²) in [4.78, 5) is 3.87. The van der Waals surface area contributed by atoms with Gasteiger partial charge in [0.1, 0.15) is 0 Å². The molecule has 2 aromatic rings. The molecule has 0 atom stereocenters. The van der Waals surface area contributed by atoms with E-state index in [-0.39, 0.29) is 33.5 Å². The van der Waals surface area contributed by atoms with Gasteiger partial charge < -0.3 is 10.2 Å². The molecule has 3 nitrogen and oxygen atoms in total. The highest BCUT2D eigenvalue weighted by Gasteiger charge is 2.09. The highest BCUT2D eigenvalue weighted by atomic mass is 79.9. The van der Waals surface area contributed by atoms with Gasteiger partial charge in [0.05, 0.1) is 5.02 Å². The first-order valence-electron chi connectivity index (χ1n) is 3.64. The number of hydrogen-bond acceptors (Lipinski definition) is 3. The summed E-state index contributed by atoms with van der Waals surface area (Å²) in [5.74, 6) is -0.522. The van der Waals surface area contributed by atoms with Gasteiger partial charge in [0.15, 0.2) is 11.5 Å². The fourth-order valence-corrected chi connectivity index (χ4v) is 1.45. The van der Waals surface area contributed by atoms with E-state index < -0.39 is 0 Å². The normalized spacial score (nSPS) is 9.79. The van der Waals surface area contributed by atoms with Crippen LogP contribution in [-0.4, -0.2) is 15.2 Å². The van der Waals surface area contributed by atoms with Crippen LogP contribution in [0.3, 0.4) is 0 Å². The van der Waals surface area contributed by atoms with Crippen LogP contribution in [0, 0.1) is 0 Å². The minimum atomic E-state index is -0.291. The van der Waals surface area contributed by atoms with Gasteiger partial charge >= 0.3 is 0 Å². The Morgan fingerprint density at radius 3 is 2.71 bits per heavy atom. The summed E-state index contributed by atoms with van der Waals surface area (Å²) in [5.41, 5.74) is 0. The molecule has 0 fully saturated rings. The Balaban J connectivity index is 0.000000980. The van der Waals surface area contributed by atoms with Crippen molar-refractivity contribution in [2.75, 3.05) is 0 Å². The molecule has 1 heterocycles. The van der Waals surface area contributed by atoms with E-state index in [1.807, 2.05) is 0 Å². The number of nitrogens with zero attached hydrogens (tertiary/aromatic N) is 1. The van der Waals surface area contributed by atoms with Gasteiger partial charge in [-0.25, -0.2) is 0 Å². The first-order chi connectivity index (χ1) is 6.20. The number of phenolic OH excluding ortho intramolecular Hbond substituents is 2. The number of pyridine rings is 1. The topological polar surface area (TPSA) is 53.4 Å². The van der Waals surface area contributed by atoms with Gasteiger partial charge in [-0.1, -0.05) is 11.6 Å². The maximum atomic E-state index is 9.30. The van der Waals surface area contributed by atoms with E-state index in [4.69, 9.17) is 11.6 Å². The van der Waals surface area contributed by atoms with Crippen LogP contribution in [0.2, 0.25) is 5.02 Å². The fraction of sp³-hybridized carbons (Fsp3) is 0. The number of aromatic hydroxyl groups is 2.